The molecule has 0 amide bonds. The summed E-state index contributed by atoms with van der Waals surface area (Å²) in [4.78, 5) is 12.4. The van der Waals surface area contributed by atoms with Gasteiger partial charge in [-0.3, -0.25) is 4.79 Å². The third-order valence-electron chi connectivity index (χ3n) is 3.79. The molecule has 0 aliphatic rings. The van der Waals surface area contributed by atoms with Crippen molar-refractivity contribution in [1.29, 1.82) is 0 Å². The maximum Gasteiger partial charge on any atom is 0.186 e. The minimum Gasteiger partial charge on any atom is -0.351 e. The van der Waals surface area contributed by atoms with Crippen molar-refractivity contribution < 1.29 is 4.79 Å². The minimum atomic E-state index is 0.0573. The fraction of sp³-hybridized carbons (Fsp3) is 0.267. The smallest absolute Gasteiger partial charge is 0.186 e. The van der Waals surface area contributed by atoms with Gasteiger partial charge in [0.05, 0.1) is 5.52 Å². The van der Waals surface area contributed by atoms with Crippen LogP contribution in [0.25, 0.3) is 11.0 Å². The Kier molecular flexibility index (Phi) is 2.89. The summed E-state index contributed by atoms with van der Waals surface area (Å²) < 4.78 is 3.67. The highest BCUT2D eigenvalue weighted by atomic mass is 16.1. The zero-order valence-corrected chi connectivity index (χ0v) is 11.8. The first-order chi connectivity index (χ1) is 9.58. The SMILES string of the molecule is Cc1cc(C(=O)Cn2nnc3ccccc32)c(C)n1C. The van der Waals surface area contributed by atoms with Crippen LogP contribution in [-0.4, -0.2) is 25.3 Å². The van der Waals surface area contributed by atoms with Crippen LogP contribution in [0.3, 0.4) is 0 Å². The van der Waals surface area contributed by atoms with Crippen LogP contribution >= 0.6 is 0 Å². The fourth-order valence-electron chi connectivity index (χ4n) is 2.39. The summed E-state index contributed by atoms with van der Waals surface area (Å²) in [7, 11) is 1.96. The summed E-state index contributed by atoms with van der Waals surface area (Å²) in [5, 5.41) is 8.12. The molecule has 0 saturated carbocycles. The van der Waals surface area contributed by atoms with E-state index in [4.69, 9.17) is 0 Å². The molecule has 0 aliphatic carbocycles. The molecule has 0 aliphatic heterocycles. The molecule has 2 aromatic heterocycles. The highest BCUT2D eigenvalue weighted by molar-refractivity contribution is 5.97. The third-order valence-corrected chi connectivity index (χ3v) is 3.79. The Morgan fingerprint density at radius 1 is 1.25 bits per heavy atom. The molecule has 0 spiro atoms. The van der Waals surface area contributed by atoms with Gasteiger partial charge < -0.3 is 4.57 Å². The predicted octanol–water partition coefficient (Wildman–Crippen LogP) is 2.27. The molecule has 3 rings (SSSR count). The molecule has 0 N–H and O–H groups in total. The second kappa shape index (κ2) is 4.59. The number of hydrogen-bond donors (Lipinski definition) is 0. The van der Waals surface area contributed by atoms with E-state index in [0.29, 0.717) is 0 Å². The largest absolute Gasteiger partial charge is 0.351 e. The standard InChI is InChI=1S/C15H16N4O/c1-10-8-12(11(2)18(10)3)15(20)9-19-14-7-5-4-6-13(14)16-17-19/h4-8H,9H2,1-3H3. The molecule has 1 aromatic carbocycles. The molecule has 5 heteroatoms. The van der Waals surface area contributed by atoms with Crippen molar-refractivity contribution in [2.75, 3.05) is 0 Å². The number of Topliss-reactive ketones (excluding diaryl/α,β-unsaturated/α-hetero) is 1. The van der Waals surface area contributed by atoms with Crippen LogP contribution in [-0.2, 0) is 13.6 Å². The first-order valence-corrected chi connectivity index (χ1v) is 6.52. The van der Waals surface area contributed by atoms with Gasteiger partial charge >= 0.3 is 0 Å². The molecule has 3 aromatic rings. The average Bonchev–Trinajstić information content (AvgIpc) is 2.96. The van der Waals surface area contributed by atoms with E-state index in [2.05, 4.69) is 10.3 Å². The Hall–Kier alpha value is -2.43. The van der Waals surface area contributed by atoms with Crippen molar-refractivity contribution in [1.82, 2.24) is 19.6 Å². The van der Waals surface area contributed by atoms with E-state index >= 15 is 0 Å². The van der Waals surface area contributed by atoms with E-state index in [9.17, 15) is 4.79 Å². The van der Waals surface area contributed by atoms with Crippen molar-refractivity contribution >= 4 is 16.8 Å². The molecule has 0 fully saturated rings. The Bertz CT molecular complexity index is 797. The number of aromatic nitrogens is 4. The van der Waals surface area contributed by atoms with Crippen LogP contribution in [0, 0.1) is 13.8 Å². The van der Waals surface area contributed by atoms with Gasteiger partial charge in [0.25, 0.3) is 0 Å². The highest BCUT2D eigenvalue weighted by Gasteiger charge is 2.16. The number of para-hydroxylation sites is 1. The lowest BCUT2D eigenvalue weighted by Gasteiger charge is -2.03. The Balaban J connectivity index is 1.94. The summed E-state index contributed by atoms with van der Waals surface area (Å²) in [5.41, 5.74) is 4.50. The normalized spacial score (nSPS) is 11.2. The molecule has 20 heavy (non-hydrogen) atoms. The van der Waals surface area contributed by atoms with Crippen LogP contribution < -0.4 is 0 Å². The number of nitrogens with zero attached hydrogens (tertiary/aromatic N) is 4. The van der Waals surface area contributed by atoms with E-state index in [1.165, 1.54) is 0 Å². The Morgan fingerprint density at radius 3 is 2.70 bits per heavy atom. The summed E-state index contributed by atoms with van der Waals surface area (Å²) in [6.07, 6.45) is 0. The summed E-state index contributed by atoms with van der Waals surface area (Å²) in [6, 6.07) is 9.57. The monoisotopic (exact) mass is 268 g/mol. The number of rotatable bonds is 3. The number of carbonyl (C=O) groups excluding carboxylic acids is 1. The van der Waals surface area contributed by atoms with Gasteiger partial charge in [-0.05, 0) is 32.0 Å². The van der Waals surface area contributed by atoms with Crippen LogP contribution in [0.4, 0.5) is 0 Å². The average molecular weight is 268 g/mol. The van der Waals surface area contributed by atoms with Crippen LogP contribution in [0.1, 0.15) is 21.7 Å². The van der Waals surface area contributed by atoms with Gasteiger partial charge in [0.15, 0.2) is 5.78 Å². The highest BCUT2D eigenvalue weighted by Crippen LogP contribution is 2.16. The van der Waals surface area contributed by atoms with Gasteiger partial charge in [0.2, 0.25) is 0 Å². The molecule has 0 atom stereocenters. The van der Waals surface area contributed by atoms with E-state index in [0.717, 1.165) is 28.0 Å². The fourth-order valence-corrected chi connectivity index (χ4v) is 2.39. The molecule has 5 nitrogen and oxygen atoms in total. The van der Waals surface area contributed by atoms with E-state index in [-0.39, 0.29) is 12.3 Å². The van der Waals surface area contributed by atoms with Crippen LogP contribution in [0.2, 0.25) is 0 Å². The van der Waals surface area contributed by atoms with E-state index < -0.39 is 0 Å². The molecular weight excluding hydrogens is 252 g/mol. The van der Waals surface area contributed by atoms with Crippen molar-refractivity contribution in [2.45, 2.75) is 20.4 Å². The van der Waals surface area contributed by atoms with Crippen molar-refractivity contribution in [2.24, 2.45) is 7.05 Å². The maximum atomic E-state index is 12.4. The summed E-state index contributed by atoms with van der Waals surface area (Å²) in [6.45, 7) is 4.17. The molecular formula is C15H16N4O. The number of ketones is 1. The molecule has 0 radical (unpaired) electrons. The second-order valence-electron chi connectivity index (χ2n) is 5.00. The van der Waals surface area contributed by atoms with Gasteiger partial charge in [-0.15, -0.1) is 5.10 Å². The van der Waals surface area contributed by atoms with Gasteiger partial charge in [-0.1, -0.05) is 17.3 Å². The molecule has 102 valence electrons. The van der Waals surface area contributed by atoms with Crippen LogP contribution in [0.5, 0.6) is 0 Å². The first-order valence-electron chi connectivity index (χ1n) is 6.52. The topological polar surface area (TPSA) is 52.7 Å². The molecule has 0 bridgehead atoms. The van der Waals surface area contributed by atoms with Crippen LogP contribution in [0.15, 0.2) is 30.3 Å². The van der Waals surface area contributed by atoms with Gasteiger partial charge in [0, 0.05) is 24.0 Å². The lowest BCUT2D eigenvalue weighted by molar-refractivity contribution is 0.0968. The Labute approximate surface area is 116 Å². The number of carbonyl (C=O) groups is 1. The first kappa shape index (κ1) is 12.6. The molecule has 0 unspecified atom stereocenters. The van der Waals surface area contributed by atoms with Gasteiger partial charge in [-0.2, -0.15) is 0 Å². The van der Waals surface area contributed by atoms with Crippen molar-refractivity contribution in [3.05, 3.63) is 47.3 Å². The lowest BCUT2D eigenvalue weighted by atomic mass is 10.1. The van der Waals surface area contributed by atoms with Crippen molar-refractivity contribution in [3.63, 3.8) is 0 Å². The van der Waals surface area contributed by atoms with E-state index in [1.54, 1.807) is 4.68 Å². The summed E-state index contributed by atoms with van der Waals surface area (Å²) in [5.74, 6) is 0.0573. The number of hydrogen-bond acceptors (Lipinski definition) is 3. The van der Waals surface area contributed by atoms with Gasteiger partial charge in [0.1, 0.15) is 12.1 Å². The zero-order valence-electron chi connectivity index (χ0n) is 11.8. The molecule has 2 heterocycles. The van der Waals surface area contributed by atoms with E-state index in [1.807, 2.05) is 55.8 Å². The van der Waals surface area contributed by atoms with Crippen molar-refractivity contribution in [3.8, 4) is 0 Å². The molecule has 0 saturated heterocycles. The number of aryl methyl sites for hydroxylation is 1. The Morgan fingerprint density at radius 2 is 2.00 bits per heavy atom. The number of fused-ring (bicyclic) bond motifs is 1. The lowest BCUT2D eigenvalue weighted by Crippen LogP contribution is -2.12. The predicted molar refractivity (Wildman–Crippen MR) is 76.7 cm³/mol. The minimum absolute atomic E-state index is 0.0573. The maximum absolute atomic E-state index is 12.4. The quantitative estimate of drug-likeness (QED) is 0.685. The zero-order chi connectivity index (χ0) is 14.3. The second-order valence-corrected chi connectivity index (χ2v) is 5.00. The van der Waals surface area contributed by atoms with Gasteiger partial charge in [-0.25, -0.2) is 4.68 Å². The number of benzene rings is 1. The third kappa shape index (κ3) is 1.91. The summed E-state index contributed by atoms with van der Waals surface area (Å²) >= 11 is 0.